The molecule has 2 atom stereocenters. The number of hydrogen-bond donors (Lipinski definition) is 2. The smallest absolute Gasteiger partial charge is 0.239 e. The fourth-order valence-corrected chi connectivity index (χ4v) is 5.77. The first-order valence-corrected chi connectivity index (χ1v) is 12.6. The van der Waals surface area contributed by atoms with Crippen LogP contribution < -0.4 is 15.5 Å². The van der Waals surface area contributed by atoms with Gasteiger partial charge in [0.1, 0.15) is 0 Å². The van der Waals surface area contributed by atoms with Gasteiger partial charge in [-0.25, -0.2) is 0 Å². The molecule has 3 aliphatic rings. The molecule has 1 aromatic carbocycles. The van der Waals surface area contributed by atoms with Crippen LogP contribution in [0.5, 0.6) is 0 Å². The molecule has 0 spiro atoms. The van der Waals surface area contributed by atoms with E-state index in [4.69, 9.17) is 0 Å². The molecule has 5 rings (SSSR count). The van der Waals surface area contributed by atoms with Crippen LogP contribution >= 0.6 is 0 Å². The first-order valence-electron chi connectivity index (χ1n) is 12.6. The van der Waals surface area contributed by atoms with Crippen LogP contribution in [-0.4, -0.2) is 29.3 Å². The van der Waals surface area contributed by atoms with Crippen molar-refractivity contribution in [2.75, 3.05) is 16.8 Å². The maximum Gasteiger partial charge on any atom is 0.239 e. The molecule has 0 bridgehead atoms. The Hall–Kier alpha value is -3.41. The molecule has 0 fully saturated rings. The molecular weight excluding hydrogens is 436 g/mol. The van der Waals surface area contributed by atoms with Crippen LogP contribution in [0.4, 0.5) is 11.4 Å². The van der Waals surface area contributed by atoms with Crippen molar-refractivity contribution >= 4 is 23.1 Å². The Morgan fingerprint density at radius 3 is 2.74 bits per heavy atom. The number of nitrogens with zero attached hydrogens (tertiary/aromatic N) is 2. The number of para-hydroxylation sites is 2. The number of ketones is 1. The molecule has 0 radical (unpaired) electrons. The summed E-state index contributed by atoms with van der Waals surface area (Å²) < 4.78 is 0. The number of aromatic nitrogens is 1. The highest BCUT2D eigenvalue weighted by atomic mass is 16.2. The molecule has 0 unspecified atom stereocenters. The number of hydrogen-bond acceptors (Lipinski definition) is 5. The van der Waals surface area contributed by atoms with Crippen LogP contribution in [0, 0.1) is 11.3 Å². The maximum absolute atomic E-state index is 13.7. The number of Topliss-reactive ketones (excluding diaryl/α,β-unsaturated/α-hetero) is 1. The van der Waals surface area contributed by atoms with Crippen LogP contribution in [0.1, 0.15) is 51.6 Å². The Labute approximate surface area is 207 Å². The van der Waals surface area contributed by atoms with E-state index >= 15 is 0 Å². The van der Waals surface area contributed by atoms with Crippen molar-refractivity contribution in [1.82, 2.24) is 10.3 Å². The number of benzene rings is 1. The Morgan fingerprint density at radius 2 is 1.97 bits per heavy atom. The Kier molecular flexibility index (Phi) is 6.46. The number of rotatable bonds is 5. The van der Waals surface area contributed by atoms with E-state index in [9.17, 15) is 9.59 Å². The molecule has 35 heavy (non-hydrogen) atoms. The number of anilines is 2. The molecular formula is C29H34N4O2. The Morgan fingerprint density at radius 1 is 1.14 bits per heavy atom. The summed E-state index contributed by atoms with van der Waals surface area (Å²) in [5.74, 6) is 0.399. The van der Waals surface area contributed by atoms with Gasteiger partial charge in [-0.05, 0) is 61.3 Å². The first kappa shape index (κ1) is 23.3. The molecule has 6 nitrogen and oxygen atoms in total. The molecule has 2 aromatic rings. The molecule has 0 saturated heterocycles. The van der Waals surface area contributed by atoms with Gasteiger partial charge >= 0.3 is 0 Å². The highest BCUT2D eigenvalue weighted by molar-refractivity contribution is 6.01. The third-order valence-electron chi connectivity index (χ3n) is 7.31. The van der Waals surface area contributed by atoms with Gasteiger partial charge in [0.15, 0.2) is 5.78 Å². The van der Waals surface area contributed by atoms with Gasteiger partial charge in [0.25, 0.3) is 0 Å². The summed E-state index contributed by atoms with van der Waals surface area (Å²) in [7, 11) is 0. The maximum atomic E-state index is 13.7. The van der Waals surface area contributed by atoms with Gasteiger partial charge in [0.2, 0.25) is 5.91 Å². The fourth-order valence-electron chi connectivity index (χ4n) is 5.77. The van der Waals surface area contributed by atoms with Crippen molar-refractivity contribution in [3.05, 3.63) is 77.8 Å². The van der Waals surface area contributed by atoms with Crippen molar-refractivity contribution in [2.24, 2.45) is 11.3 Å². The molecule has 1 amide bonds. The number of amides is 1. The second-order valence-corrected chi connectivity index (χ2v) is 10.7. The van der Waals surface area contributed by atoms with E-state index in [2.05, 4.69) is 52.6 Å². The van der Waals surface area contributed by atoms with Crippen molar-refractivity contribution in [3.63, 3.8) is 0 Å². The van der Waals surface area contributed by atoms with Crippen molar-refractivity contribution in [3.8, 4) is 0 Å². The zero-order chi connectivity index (χ0) is 24.4. The number of fused-ring (bicyclic) bond motifs is 1. The minimum absolute atomic E-state index is 0.0746. The topological polar surface area (TPSA) is 74.3 Å². The third-order valence-corrected chi connectivity index (χ3v) is 7.31. The summed E-state index contributed by atoms with van der Waals surface area (Å²) in [6, 6.07) is 13.7. The minimum Gasteiger partial charge on any atom is -0.357 e. The molecule has 2 aliphatic carbocycles. The lowest BCUT2D eigenvalue weighted by atomic mass is 9.71. The van der Waals surface area contributed by atoms with Crippen molar-refractivity contribution in [1.29, 1.82) is 0 Å². The zero-order valence-electron chi connectivity index (χ0n) is 20.6. The van der Waals surface area contributed by atoms with Gasteiger partial charge in [-0.2, -0.15) is 0 Å². The lowest BCUT2D eigenvalue weighted by molar-refractivity contribution is -0.121. The normalized spacial score (nSPS) is 23.1. The highest BCUT2D eigenvalue weighted by Gasteiger charge is 2.43. The fraction of sp³-hybridized carbons (Fsp3) is 0.414. The standard InChI is InChI=1S/C29H34N4O2/c1-29(2)16-23-27(25(34)17-29)28(20-10-4-3-5-11-20)33(24-14-7-6-13-22(24)32-23)19-26(35)31-18-21-12-8-9-15-30-21/h3-4,6-9,12-15,20,28,32H,5,10-11,16-19H2,1-2H3,(H,31,35)/t20-,28-/m0/s1. The average molecular weight is 471 g/mol. The van der Waals surface area contributed by atoms with Gasteiger partial charge in [-0.3, -0.25) is 14.6 Å². The molecule has 0 saturated carbocycles. The summed E-state index contributed by atoms with van der Waals surface area (Å²) >= 11 is 0. The Bertz CT molecular complexity index is 1170. The SMILES string of the molecule is CC1(C)CC(=O)C2=C(C1)Nc1ccccc1N(CC(=O)NCc1ccccn1)[C@H]2[C@H]1CC=CCC1. The van der Waals surface area contributed by atoms with Gasteiger partial charge in [0, 0.05) is 23.9 Å². The van der Waals surface area contributed by atoms with E-state index in [0.29, 0.717) is 13.0 Å². The Balaban J connectivity index is 1.53. The summed E-state index contributed by atoms with van der Waals surface area (Å²) in [4.78, 5) is 33.5. The number of carbonyl (C=O) groups is 2. The van der Waals surface area contributed by atoms with E-state index in [1.807, 2.05) is 36.4 Å². The predicted molar refractivity (Wildman–Crippen MR) is 139 cm³/mol. The van der Waals surface area contributed by atoms with E-state index in [1.165, 1.54) is 0 Å². The predicted octanol–water partition coefficient (Wildman–Crippen LogP) is 5.00. The van der Waals surface area contributed by atoms with Crippen LogP contribution in [-0.2, 0) is 16.1 Å². The second kappa shape index (κ2) is 9.68. The summed E-state index contributed by atoms with van der Waals surface area (Å²) in [6.07, 6.45) is 10.5. The van der Waals surface area contributed by atoms with E-state index in [0.717, 1.165) is 54.0 Å². The van der Waals surface area contributed by atoms with Crippen LogP contribution in [0.25, 0.3) is 0 Å². The van der Waals surface area contributed by atoms with Gasteiger partial charge in [-0.15, -0.1) is 0 Å². The number of pyridine rings is 1. The van der Waals surface area contributed by atoms with Crippen molar-refractivity contribution < 1.29 is 9.59 Å². The number of carbonyl (C=O) groups excluding carboxylic acids is 2. The quantitative estimate of drug-likeness (QED) is 0.602. The average Bonchev–Trinajstić information content (AvgIpc) is 2.98. The molecule has 1 aliphatic heterocycles. The number of allylic oxidation sites excluding steroid dienone is 3. The van der Waals surface area contributed by atoms with Crippen LogP contribution in [0.15, 0.2) is 72.1 Å². The molecule has 6 heteroatoms. The van der Waals surface area contributed by atoms with E-state index in [-0.39, 0.29) is 35.6 Å². The number of nitrogens with one attached hydrogen (secondary N) is 2. The van der Waals surface area contributed by atoms with Crippen LogP contribution in [0.3, 0.4) is 0 Å². The molecule has 2 heterocycles. The van der Waals surface area contributed by atoms with E-state index in [1.54, 1.807) is 6.20 Å². The van der Waals surface area contributed by atoms with Gasteiger partial charge in [-0.1, -0.05) is 44.2 Å². The minimum atomic E-state index is -0.143. The van der Waals surface area contributed by atoms with Crippen molar-refractivity contribution in [2.45, 2.75) is 58.5 Å². The molecule has 182 valence electrons. The largest absolute Gasteiger partial charge is 0.357 e. The third kappa shape index (κ3) is 5.02. The zero-order valence-corrected chi connectivity index (χ0v) is 20.6. The highest BCUT2D eigenvalue weighted by Crippen LogP contribution is 2.46. The molecule has 1 aromatic heterocycles. The lowest BCUT2D eigenvalue weighted by Gasteiger charge is -2.41. The summed E-state index contributed by atoms with van der Waals surface area (Å²) in [5, 5.41) is 6.67. The second-order valence-electron chi connectivity index (χ2n) is 10.7. The lowest BCUT2D eigenvalue weighted by Crippen LogP contribution is -2.49. The first-order chi connectivity index (χ1) is 16.9. The van der Waals surface area contributed by atoms with E-state index < -0.39 is 0 Å². The van der Waals surface area contributed by atoms with Gasteiger partial charge < -0.3 is 15.5 Å². The monoisotopic (exact) mass is 470 g/mol. The van der Waals surface area contributed by atoms with Crippen LogP contribution in [0.2, 0.25) is 0 Å². The molecule has 2 N–H and O–H groups in total. The van der Waals surface area contributed by atoms with Gasteiger partial charge in [0.05, 0.1) is 36.2 Å². The summed E-state index contributed by atoms with van der Waals surface area (Å²) in [6.45, 7) is 4.89. The summed E-state index contributed by atoms with van der Waals surface area (Å²) in [5.41, 5.74) is 4.55.